The van der Waals surface area contributed by atoms with Crippen molar-refractivity contribution in [3.05, 3.63) is 40.0 Å². The van der Waals surface area contributed by atoms with Crippen molar-refractivity contribution < 1.29 is 4.74 Å². The van der Waals surface area contributed by atoms with Crippen LogP contribution in [-0.4, -0.2) is 9.97 Å². The second-order valence-corrected chi connectivity index (χ2v) is 4.57. The molecule has 1 aromatic carbocycles. The Balaban J connectivity index is 2.28. The van der Waals surface area contributed by atoms with Crippen molar-refractivity contribution in [3.8, 4) is 11.6 Å². The molecule has 0 fully saturated rings. The Morgan fingerprint density at radius 3 is 2.59 bits per heavy atom. The SMILES string of the molecule is Cc1cc(Oc2ccc(Br)c(C)c2)nc(N)n1. The van der Waals surface area contributed by atoms with E-state index in [1.165, 1.54) is 0 Å². The molecular formula is C12H12BrN3O. The molecule has 2 N–H and O–H groups in total. The van der Waals surface area contributed by atoms with E-state index >= 15 is 0 Å². The van der Waals surface area contributed by atoms with E-state index in [1.54, 1.807) is 6.07 Å². The average Bonchev–Trinajstić information content (AvgIpc) is 2.22. The molecule has 0 aliphatic heterocycles. The van der Waals surface area contributed by atoms with Crippen LogP contribution in [0.2, 0.25) is 0 Å². The highest BCUT2D eigenvalue weighted by Crippen LogP contribution is 2.25. The van der Waals surface area contributed by atoms with Gasteiger partial charge in [-0.05, 0) is 37.6 Å². The van der Waals surface area contributed by atoms with Crippen LogP contribution in [-0.2, 0) is 0 Å². The minimum absolute atomic E-state index is 0.217. The Morgan fingerprint density at radius 2 is 1.94 bits per heavy atom. The number of hydrogen-bond acceptors (Lipinski definition) is 4. The predicted octanol–water partition coefficient (Wildman–Crippen LogP) is 3.23. The molecule has 1 aromatic heterocycles. The Hall–Kier alpha value is -1.62. The van der Waals surface area contributed by atoms with Crippen molar-refractivity contribution in [3.63, 3.8) is 0 Å². The fraction of sp³-hybridized carbons (Fsp3) is 0.167. The molecule has 5 heteroatoms. The minimum Gasteiger partial charge on any atom is -0.439 e. The van der Waals surface area contributed by atoms with Gasteiger partial charge in [0.2, 0.25) is 11.8 Å². The lowest BCUT2D eigenvalue weighted by Crippen LogP contribution is -1.98. The number of nitrogens with two attached hydrogens (primary N) is 1. The molecule has 4 nitrogen and oxygen atoms in total. The third-order valence-corrected chi connectivity index (χ3v) is 3.09. The molecule has 2 rings (SSSR count). The zero-order valence-electron chi connectivity index (χ0n) is 9.57. The smallest absolute Gasteiger partial charge is 0.224 e. The molecule has 0 saturated heterocycles. The average molecular weight is 294 g/mol. The number of nitrogens with zero attached hydrogens (tertiary/aromatic N) is 2. The highest BCUT2D eigenvalue weighted by atomic mass is 79.9. The molecule has 0 bridgehead atoms. The molecular weight excluding hydrogens is 282 g/mol. The molecule has 0 aliphatic rings. The van der Waals surface area contributed by atoms with Gasteiger partial charge in [-0.15, -0.1) is 0 Å². The van der Waals surface area contributed by atoms with Gasteiger partial charge in [0.05, 0.1) is 0 Å². The van der Waals surface area contributed by atoms with E-state index < -0.39 is 0 Å². The van der Waals surface area contributed by atoms with E-state index in [-0.39, 0.29) is 5.95 Å². The molecule has 0 radical (unpaired) electrons. The summed E-state index contributed by atoms with van der Waals surface area (Å²) in [6.07, 6.45) is 0. The molecule has 0 spiro atoms. The molecule has 0 saturated carbocycles. The number of hydrogen-bond donors (Lipinski definition) is 1. The van der Waals surface area contributed by atoms with Gasteiger partial charge in [0.15, 0.2) is 0 Å². The molecule has 0 unspecified atom stereocenters. The zero-order chi connectivity index (χ0) is 12.4. The number of anilines is 1. The number of ether oxygens (including phenoxy) is 1. The molecule has 88 valence electrons. The highest BCUT2D eigenvalue weighted by molar-refractivity contribution is 9.10. The number of aryl methyl sites for hydroxylation is 2. The topological polar surface area (TPSA) is 61.0 Å². The van der Waals surface area contributed by atoms with Crippen LogP contribution in [0.4, 0.5) is 5.95 Å². The first-order chi connectivity index (χ1) is 8.04. The molecule has 1 heterocycles. The second kappa shape index (κ2) is 4.71. The summed E-state index contributed by atoms with van der Waals surface area (Å²) in [5, 5.41) is 0. The van der Waals surface area contributed by atoms with Gasteiger partial charge in [-0.2, -0.15) is 4.98 Å². The number of rotatable bonds is 2. The lowest BCUT2D eigenvalue weighted by atomic mass is 10.2. The van der Waals surface area contributed by atoms with Crippen molar-refractivity contribution in [2.75, 3.05) is 5.73 Å². The maximum atomic E-state index is 5.62. The van der Waals surface area contributed by atoms with Crippen LogP contribution >= 0.6 is 15.9 Å². The minimum atomic E-state index is 0.217. The quantitative estimate of drug-likeness (QED) is 0.923. The van der Waals surface area contributed by atoms with Gasteiger partial charge in [0.1, 0.15) is 5.75 Å². The summed E-state index contributed by atoms with van der Waals surface area (Å²) >= 11 is 3.44. The number of benzene rings is 1. The highest BCUT2D eigenvalue weighted by Gasteiger charge is 2.03. The fourth-order valence-corrected chi connectivity index (χ4v) is 1.66. The van der Waals surface area contributed by atoms with Crippen LogP contribution in [0.3, 0.4) is 0 Å². The van der Waals surface area contributed by atoms with Crippen LogP contribution in [0, 0.1) is 13.8 Å². The summed E-state index contributed by atoms with van der Waals surface area (Å²) in [6.45, 7) is 3.84. The van der Waals surface area contributed by atoms with Gasteiger partial charge in [-0.3, -0.25) is 0 Å². The van der Waals surface area contributed by atoms with Crippen LogP contribution in [0.1, 0.15) is 11.3 Å². The maximum Gasteiger partial charge on any atom is 0.224 e. The summed E-state index contributed by atoms with van der Waals surface area (Å²) in [6, 6.07) is 7.47. The third kappa shape index (κ3) is 2.94. The van der Waals surface area contributed by atoms with E-state index in [1.807, 2.05) is 32.0 Å². The third-order valence-electron chi connectivity index (χ3n) is 2.20. The standard InChI is InChI=1S/C12H12BrN3O/c1-7-5-9(3-4-10(7)13)17-11-6-8(2)15-12(14)16-11/h3-6H,1-2H3,(H2,14,15,16). The van der Waals surface area contributed by atoms with E-state index in [0.717, 1.165) is 21.5 Å². The van der Waals surface area contributed by atoms with Gasteiger partial charge in [-0.1, -0.05) is 15.9 Å². The van der Waals surface area contributed by atoms with Crippen molar-refractivity contribution in [2.45, 2.75) is 13.8 Å². The fourth-order valence-electron chi connectivity index (χ4n) is 1.42. The van der Waals surface area contributed by atoms with E-state index in [0.29, 0.717) is 5.88 Å². The largest absolute Gasteiger partial charge is 0.439 e. The van der Waals surface area contributed by atoms with E-state index in [4.69, 9.17) is 10.5 Å². The first-order valence-corrected chi connectivity index (χ1v) is 5.89. The molecule has 0 amide bonds. The van der Waals surface area contributed by atoms with Crippen molar-refractivity contribution in [1.29, 1.82) is 0 Å². The second-order valence-electron chi connectivity index (χ2n) is 3.72. The molecule has 2 aromatic rings. The summed E-state index contributed by atoms with van der Waals surface area (Å²) in [4.78, 5) is 8.00. The van der Waals surface area contributed by atoms with Crippen molar-refractivity contribution in [1.82, 2.24) is 9.97 Å². The zero-order valence-corrected chi connectivity index (χ0v) is 11.2. The summed E-state index contributed by atoms with van der Waals surface area (Å²) < 4.78 is 6.67. The maximum absolute atomic E-state index is 5.62. The predicted molar refractivity (Wildman–Crippen MR) is 70.1 cm³/mol. The Morgan fingerprint density at radius 1 is 1.18 bits per heavy atom. The van der Waals surface area contributed by atoms with Crippen LogP contribution in [0.15, 0.2) is 28.7 Å². The normalized spacial score (nSPS) is 10.3. The van der Waals surface area contributed by atoms with Crippen molar-refractivity contribution >= 4 is 21.9 Å². The lowest BCUT2D eigenvalue weighted by molar-refractivity contribution is 0.461. The van der Waals surface area contributed by atoms with Crippen LogP contribution < -0.4 is 10.5 Å². The van der Waals surface area contributed by atoms with E-state index in [2.05, 4.69) is 25.9 Å². The van der Waals surface area contributed by atoms with Crippen molar-refractivity contribution in [2.24, 2.45) is 0 Å². The van der Waals surface area contributed by atoms with E-state index in [9.17, 15) is 0 Å². The molecule has 0 aliphatic carbocycles. The van der Waals surface area contributed by atoms with Gasteiger partial charge in [0, 0.05) is 16.2 Å². The lowest BCUT2D eigenvalue weighted by Gasteiger charge is -2.07. The summed E-state index contributed by atoms with van der Waals surface area (Å²) in [5.74, 6) is 1.40. The van der Waals surface area contributed by atoms with Gasteiger partial charge < -0.3 is 10.5 Å². The number of nitrogen functional groups attached to an aromatic ring is 1. The van der Waals surface area contributed by atoms with Gasteiger partial charge in [0.25, 0.3) is 0 Å². The Kier molecular flexibility index (Phi) is 3.28. The van der Waals surface area contributed by atoms with Crippen LogP contribution in [0.25, 0.3) is 0 Å². The monoisotopic (exact) mass is 293 g/mol. The summed E-state index contributed by atoms with van der Waals surface area (Å²) in [5.41, 5.74) is 7.43. The van der Waals surface area contributed by atoms with Gasteiger partial charge in [-0.25, -0.2) is 4.98 Å². The first kappa shape index (κ1) is 11.9. The Bertz CT molecular complexity index is 537. The van der Waals surface area contributed by atoms with Crippen LogP contribution in [0.5, 0.6) is 11.6 Å². The number of halogens is 1. The van der Waals surface area contributed by atoms with Gasteiger partial charge >= 0.3 is 0 Å². The number of aromatic nitrogens is 2. The summed E-state index contributed by atoms with van der Waals surface area (Å²) in [7, 11) is 0. The first-order valence-electron chi connectivity index (χ1n) is 5.10. The molecule has 0 atom stereocenters. The molecule has 17 heavy (non-hydrogen) atoms. The Labute approximate surface area is 108 Å².